The van der Waals surface area contributed by atoms with Crippen LogP contribution in [0.1, 0.15) is 0 Å². The zero-order valence-corrected chi connectivity index (χ0v) is 7.23. The van der Waals surface area contributed by atoms with E-state index in [1.54, 1.807) is 0 Å². The molecule has 0 rings (SSSR count). The summed E-state index contributed by atoms with van der Waals surface area (Å²) in [5.41, 5.74) is 0. The van der Waals surface area contributed by atoms with Crippen molar-refractivity contribution in [3.63, 3.8) is 0 Å². The number of rotatable bonds is 0. The Kier molecular flexibility index (Phi) is 3.08. The van der Waals surface area contributed by atoms with Crippen LogP contribution < -0.4 is 0 Å². The summed E-state index contributed by atoms with van der Waals surface area (Å²) in [5.74, 6) is 0. The molecule has 0 fully saturated rings. The van der Waals surface area contributed by atoms with E-state index in [-0.39, 0.29) is 0 Å². The Balaban J connectivity index is 0. The Bertz CT molecular complexity index is 120. The van der Waals surface area contributed by atoms with E-state index in [2.05, 4.69) is 0 Å². The first-order valence-corrected chi connectivity index (χ1v) is 7.48. The number of quaternary nitrogens is 1. The van der Waals surface area contributed by atoms with Crippen molar-refractivity contribution in [1.82, 2.24) is 0 Å². The van der Waals surface area contributed by atoms with Crippen molar-refractivity contribution in [2.75, 3.05) is 0 Å². The first kappa shape index (κ1) is 14.6. The second-order valence-corrected chi connectivity index (χ2v) is 6.81. The molecule has 0 spiro atoms. The van der Waals surface area contributed by atoms with Gasteiger partial charge in [0.05, 0.1) is 0 Å². The molecule has 0 amide bonds. The van der Waals surface area contributed by atoms with Crippen LogP contribution in [0.2, 0.25) is 0 Å². The van der Waals surface area contributed by atoms with Crippen molar-refractivity contribution in [3.05, 3.63) is 0 Å². The maximum absolute atomic E-state index is 11.2. The van der Waals surface area contributed by atoms with Crippen LogP contribution in [0.3, 0.4) is 0 Å². The average molecular weight is 326 g/mol. The number of nitrogens with zero attached hydrogens (tertiary/aromatic N) is 1. The summed E-state index contributed by atoms with van der Waals surface area (Å²) in [6.07, 6.45) is 0. The molecular weight excluding hydrogens is 326 g/mol. The minimum atomic E-state index is -11.2. The topological polar surface area (TPSA) is 0 Å². The number of halogens is 10. The van der Waals surface area contributed by atoms with Crippen LogP contribution in [-0.4, -0.2) is 24.8 Å². The molecule has 12 heteroatoms. The van der Waals surface area contributed by atoms with E-state index < -0.39 is 24.8 Å². The van der Waals surface area contributed by atoms with Crippen molar-refractivity contribution in [2.24, 2.45) is 0 Å². The molecule has 0 aliphatic rings. The van der Waals surface area contributed by atoms with Gasteiger partial charge in [0.2, 0.25) is 0 Å². The summed E-state index contributed by atoms with van der Waals surface area (Å²) in [5, 5.41) is -5.00. The van der Waals surface area contributed by atoms with E-state index in [1.807, 2.05) is 0 Å². The van der Waals surface area contributed by atoms with E-state index >= 15 is 0 Å². The van der Waals surface area contributed by atoms with Gasteiger partial charge in [0.1, 0.15) is 17.9 Å². The fraction of sp³-hybridized carbons (Fsp3) is 0. The number of hydrogen-bond donors (Lipinski definition) is 0. The third kappa shape index (κ3) is 136000. The van der Waals surface area contributed by atoms with Crippen molar-refractivity contribution in [3.8, 4) is 0 Å². The van der Waals surface area contributed by atoms with Gasteiger partial charge in [-0.25, -0.2) is 0 Å². The van der Waals surface area contributed by atoms with Crippen molar-refractivity contribution in [2.45, 2.75) is 0 Å². The van der Waals surface area contributed by atoms with Gasteiger partial charge in [0.15, 0.2) is 0 Å². The molecule has 0 aromatic carbocycles. The van der Waals surface area contributed by atoms with Crippen molar-refractivity contribution >= 4 is 19.5 Å². The quantitative estimate of drug-likeness (QED) is 0.363. The van der Waals surface area contributed by atoms with E-state index in [0.29, 0.717) is 0 Å². The van der Waals surface area contributed by atoms with Crippen LogP contribution in [0.5, 0.6) is 0 Å². The molecule has 0 saturated heterocycles. The molecule has 1 nitrogen and oxygen atoms in total. The molecule has 0 atom stereocenters. The standard InChI is InChI=1S/F4N.6FH.Sb/c1-5(2,3)4;;;;;;;/h;6*1H;/q+1;;;;;;;+5/p-6. The molecule has 0 saturated carbocycles. The zero-order chi connectivity index (χ0) is 10.9. The molecule has 0 aliphatic carbocycles. The summed E-state index contributed by atoms with van der Waals surface area (Å²) in [6, 6.07) is 0. The normalized spacial score (nSPS) is 18.5. The Hall–Kier alpha value is 0.0782. The van der Waals surface area contributed by atoms with Gasteiger partial charge in [0.25, 0.3) is 0 Å². The summed E-state index contributed by atoms with van der Waals surface area (Å²) in [6.45, 7) is 0. The van der Waals surface area contributed by atoms with Crippen LogP contribution in [-0.2, 0) is 0 Å². The molecule has 80 valence electrons. The summed E-state index contributed by atoms with van der Waals surface area (Å²) >= 11 is -11.2. The van der Waals surface area contributed by atoms with Gasteiger partial charge in [-0.05, 0) is 0 Å². The molecule has 0 aromatic heterocycles. The van der Waals surface area contributed by atoms with Crippen LogP contribution in [0, 0.1) is 0 Å². The number of hydrogen-bond acceptors (Lipinski definition) is 0. The Morgan fingerprint density at radius 3 is 0.583 bits per heavy atom. The summed E-state index contributed by atoms with van der Waals surface area (Å²) in [7, 11) is 0. The van der Waals surface area contributed by atoms with Gasteiger partial charge >= 0.3 is 41.7 Å². The van der Waals surface area contributed by atoms with Crippen LogP contribution in [0.25, 0.3) is 0 Å². The van der Waals surface area contributed by atoms with Gasteiger partial charge in [-0.3, -0.25) is 0 Å². The molecule has 0 unspecified atom stereocenters. The molecule has 0 aromatic rings. The predicted octanol–water partition coefficient (Wildman–Crippen LogP) is 3.48. The van der Waals surface area contributed by atoms with Gasteiger partial charge in [-0.2, -0.15) is 0 Å². The van der Waals surface area contributed by atoms with Crippen LogP contribution in [0.4, 0.5) is 34.8 Å². The third-order valence-electron chi connectivity index (χ3n) is 0. The van der Waals surface area contributed by atoms with Gasteiger partial charge in [-0.1, -0.05) is 0 Å². The third-order valence-corrected chi connectivity index (χ3v) is 0. The summed E-state index contributed by atoms with van der Waals surface area (Å²) in [4.78, 5) is 0. The van der Waals surface area contributed by atoms with E-state index in [0.717, 1.165) is 0 Å². The fourth-order valence-electron chi connectivity index (χ4n) is 0. The van der Waals surface area contributed by atoms with Gasteiger partial charge < -0.3 is 0 Å². The van der Waals surface area contributed by atoms with Crippen LogP contribution >= 0.6 is 0 Å². The second kappa shape index (κ2) is 2.53. The Labute approximate surface area is 60.4 Å². The Morgan fingerprint density at radius 2 is 0.583 bits per heavy atom. The monoisotopic (exact) mass is 325 g/mol. The summed E-state index contributed by atoms with van der Waals surface area (Å²) < 4.78 is 98.0. The predicted molar refractivity (Wildman–Crippen MR) is 17.1 cm³/mol. The molecule has 0 radical (unpaired) electrons. The van der Waals surface area contributed by atoms with Crippen molar-refractivity contribution in [1.29, 1.82) is 0 Å². The fourth-order valence-corrected chi connectivity index (χ4v) is 0. The van der Waals surface area contributed by atoms with Gasteiger partial charge in [-0.15, -0.1) is 0 Å². The molecular formula is F10NSb. The maximum atomic E-state index is 9.93. The second-order valence-electron chi connectivity index (χ2n) is 1.34. The minimum absolute atomic E-state index is 5.00. The van der Waals surface area contributed by atoms with E-state index in [9.17, 15) is 34.8 Å². The zero-order valence-electron chi connectivity index (χ0n) is 4.67. The molecule has 0 heterocycles. The van der Waals surface area contributed by atoms with Gasteiger partial charge in [0, 0.05) is 0 Å². The van der Waals surface area contributed by atoms with Crippen molar-refractivity contribution < 1.29 is 40.2 Å². The molecule has 0 aliphatic heterocycles. The molecule has 0 N–H and O–H groups in total. The first-order chi connectivity index (χ1) is 4.45. The first-order valence-electron chi connectivity index (χ1n) is 1.69. The average Bonchev–Trinajstić information content (AvgIpc) is 1.04. The van der Waals surface area contributed by atoms with Crippen LogP contribution in [0.15, 0.2) is 0 Å². The van der Waals surface area contributed by atoms with E-state index in [4.69, 9.17) is 0 Å². The van der Waals surface area contributed by atoms with E-state index in [1.165, 1.54) is 0 Å². The molecule has 0 bridgehead atoms. The SMILES string of the molecule is F[N+](F)(F)F.[F][Sb-]([F])([F])([F])([F])[F]. The molecule has 12 heavy (non-hydrogen) atoms. The Morgan fingerprint density at radius 1 is 0.583 bits per heavy atom.